The predicted octanol–water partition coefficient (Wildman–Crippen LogP) is 5.62. The number of carbonyl (C=O) groups excluding carboxylic acids is 1. The molecule has 0 aliphatic carbocycles. The maximum absolute atomic E-state index is 13.8. The van der Waals surface area contributed by atoms with Crippen molar-refractivity contribution in [1.29, 1.82) is 0 Å². The third-order valence-electron chi connectivity index (χ3n) is 7.03. The molecule has 0 spiro atoms. The van der Waals surface area contributed by atoms with E-state index in [0.29, 0.717) is 16.6 Å². The van der Waals surface area contributed by atoms with E-state index in [9.17, 15) is 18.0 Å². The molecule has 0 atom stereocenters. The first-order chi connectivity index (χ1) is 17.4. The fraction of sp³-hybridized carbons (Fsp3) is 0.286. The molecule has 192 valence electrons. The van der Waals surface area contributed by atoms with E-state index in [0.717, 1.165) is 42.0 Å². The first kappa shape index (κ1) is 25.1. The van der Waals surface area contributed by atoms with Gasteiger partial charge in [-0.25, -0.2) is 4.98 Å². The van der Waals surface area contributed by atoms with Crippen molar-refractivity contribution >= 4 is 35.9 Å². The van der Waals surface area contributed by atoms with Gasteiger partial charge in [-0.15, -0.1) is 0 Å². The topological polar surface area (TPSA) is 64.2 Å². The summed E-state index contributed by atoms with van der Waals surface area (Å²) in [5.74, 6) is 0.163. The van der Waals surface area contributed by atoms with Crippen LogP contribution in [0.1, 0.15) is 28.0 Å². The van der Waals surface area contributed by atoms with Crippen LogP contribution >= 0.6 is 0 Å². The highest BCUT2D eigenvalue weighted by molar-refractivity contribution is 6.88. The number of hydrogen-bond acceptors (Lipinski definition) is 3. The van der Waals surface area contributed by atoms with Crippen molar-refractivity contribution in [2.24, 2.45) is 5.73 Å². The SMILES string of the molecule is C[Si](C)(C)c1ccc2c(-c3ccc(N4CCC4)nc3)c(C(N)=O)n(Cc3ccccc3C(F)(F)F)c2c1. The first-order valence-electron chi connectivity index (χ1n) is 12.3. The lowest BCUT2D eigenvalue weighted by Crippen LogP contribution is -2.37. The van der Waals surface area contributed by atoms with Crippen LogP contribution in [0, 0.1) is 0 Å². The second kappa shape index (κ2) is 9.06. The number of pyridine rings is 1. The van der Waals surface area contributed by atoms with Crippen molar-refractivity contribution < 1.29 is 18.0 Å². The van der Waals surface area contributed by atoms with Crippen molar-refractivity contribution in [2.75, 3.05) is 18.0 Å². The smallest absolute Gasteiger partial charge is 0.364 e. The fourth-order valence-electron chi connectivity index (χ4n) is 4.90. The molecular formula is C28H29F3N4OSi. The minimum Gasteiger partial charge on any atom is -0.364 e. The van der Waals surface area contributed by atoms with Crippen molar-refractivity contribution in [3.05, 3.63) is 77.6 Å². The van der Waals surface area contributed by atoms with Crippen molar-refractivity contribution in [3.8, 4) is 11.1 Å². The van der Waals surface area contributed by atoms with E-state index < -0.39 is 25.7 Å². The van der Waals surface area contributed by atoms with Crippen LogP contribution in [0.15, 0.2) is 60.8 Å². The molecule has 9 heteroatoms. The summed E-state index contributed by atoms with van der Waals surface area (Å²) in [5.41, 5.74) is 7.43. The molecule has 5 rings (SSSR count). The van der Waals surface area contributed by atoms with Crippen molar-refractivity contribution in [3.63, 3.8) is 0 Å². The summed E-state index contributed by atoms with van der Waals surface area (Å²) in [6.45, 7) is 8.38. The lowest BCUT2D eigenvalue weighted by atomic mass is 10.0. The molecule has 4 aromatic rings. The number of halogens is 3. The maximum atomic E-state index is 13.8. The van der Waals surface area contributed by atoms with E-state index in [1.807, 2.05) is 24.3 Å². The molecule has 1 saturated heterocycles. The number of nitrogens with zero attached hydrogens (tertiary/aromatic N) is 3. The number of primary amides is 1. The molecule has 1 fully saturated rings. The highest BCUT2D eigenvalue weighted by Crippen LogP contribution is 2.38. The summed E-state index contributed by atoms with van der Waals surface area (Å²) in [7, 11) is -1.77. The van der Waals surface area contributed by atoms with Gasteiger partial charge < -0.3 is 15.2 Å². The summed E-state index contributed by atoms with van der Waals surface area (Å²) in [6, 6.07) is 15.3. The van der Waals surface area contributed by atoms with Gasteiger partial charge in [-0.3, -0.25) is 4.79 Å². The zero-order valence-electron chi connectivity index (χ0n) is 21.1. The molecule has 1 aliphatic rings. The Morgan fingerprint density at radius 3 is 2.35 bits per heavy atom. The number of benzene rings is 2. The molecule has 0 saturated carbocycles. The van der Waals surface area contributed by atoms with Gasteiger partial charge >= 0.3 is 6.18 Å². The third-order valence-corrected chi connectivity index (χ3v) is 9.07. The summed E-state index contributed by atoms with van der Waals surface area (Å²) in [4.78, 5) is 19.7. The van der Waals surface area contributed by atoms with Crippen LogP contribution in [0.25, 0.3) is 22.0 Å². The molecule has 2 N–H and O–H groups in total. The van der Waals surface area contributed by atoms with Gasteiger partial charge in [0.05, 0.1) is 13.6 Å². The molecule has 0 unspecified atom stereocenters. The van der Waals surface area contributed by atoms with Gasteiger partial charge in [0.25, 0.3) is 5.91 Å². The predicted molar refractivity (Wildman–Crippen MR) is 144 cm³/mol. The van der Waals surface area contributed by atoms with Crippen LogP contribution in [-0.2, 0) is 12.7 Å². The molecular weight excluding hydrogens is 493 g/mol. The number of nitrogens with two attached hydrogens (primary N) is 1. The number of alkyl halides is 3. The van der Waals surface area contributed by atoms with Gasteiger partial charge in [0.2, 0.25) is 0 Å². The van der Waals surface area contributed by atoms with Crippen molar-refractivity contribution in [1.82, 2.24) is 9.55 Å². The zero-order chi connectivity index (χ0) is 26.5. The van der Waals surface area contributed by atoms with E-state index in [1.165, 1.54) is 12.1 Å². The monoisotopic (exact) mass is 522 g/mol. The summed E-state index contributed by atoms with van der Waals surface area (Å²) in [5, 5.41) is 1.90. The number of aromatic nitrogens is 2. The number of amides is 1. The Bertz CT molecular complexity index is 1480. The fourth-order valence-corrected chi connectivity index (χ4v) is 6.05. The van der Waals surface area contributed by atoms with Gasteiger partial charge in [-0.05, 0) is 36.2 Å². The number of rotatable bonds is 6. The number of carbonyl (C=O) groups is 1. The minimum absolute atomic E-state index is 0.0746. The van der Waals surface area contributed by atoms with E-state index in [1.54, 1.807) is 16.8 Å². The van der Waals surface area contributed by atoms with E-state index in [4.69, 9.17) is 5.73 Å². The molecule has 0 radical (unpaired) electrons. The van der Waals surface area contributed by atoms with Crippen LogP contribution in [0.4, 0.5) is 19.0 Å². The number of anilines is 1. The van der Waals surface area contributed by atoms with E-state index in [2.05, 4.69) is 35.6 Å². The summed E-state index contributed by atoms with van der Waals surface area (Å²) in [6.07, 6.45) is -1.67. The average Bonchev–Trinajstić information content (AvgIpc) is 3.11. The summed E-state index contributed by atoms with van der Waals surface area (Å²) >= 11 is 0. The van der Waals surface area contributed by atoms with Gasteiger partial charge in [-0.1, -0.05) is 55.2 Å². The van der Waals surface area contributed by atoms with Gasteiger partial charge in [0, 0.05) is 47.9 Å². The molecule has 2 aromatic heterocycles. The van der Waals surface area contributed by atoms with Gasteiger partial charge in [-0.2, -0.15) is 13.2 Å². The number of hydrogen-bond donors (Lipinski definition) is 1. The highest BCUT2D eigenvalue weighted by Gasteiger charge is 2.34. The second-order valence-corrected chi connectivity index (χ2v) is 15.6. The van der Waals surface area contributed by atoms with Crippen molar-refractivity contribution in [2.45, 2.75) is 38.8 Å². The molecule has 1 aliphatic heterocycles. The lowest BCUT2D eigenvalue weighted by molar-refractivity contribution is -0.138. The third kappa shape index (κ3) is 4.63. The Balaban J connectivity index is 1.75. The minimum atomic E-state index is -4.52. The van der Waals surface area contributed by atoms with Crippen LogP contribution in [0.2, 0.25) is 19.6 Å². The normalized spacial score (nSPS) is 14.2. The Morgan fingerprint density at radius 1 is 1.05 bits per heavy atom. The Labute approximate surface area is 214 Å². The number of fused-ring (bicyclic) bond motifs is 1. The quantitative estimate of drug-likeness (QED) is 0.334. The maximum Gasteiger partial charge on any atom is 0.416 e. The van der Waals surface area contributed by atoms with Crippen LogP contribution in [0.5, 0.6) is 0 Å². The zero-order valence-corrected chi connectivity index (χ0v) is 22.1. The van der Waals surface area contributed by atoms with Crippen LogP contribution < -0.4 is 15.8 Å². The highest BCUT2D eigenvalue weighted by atomic mass is 28.3. The second-order valence-electron chi connectivity index (χ2n) is 10.6. The Hall–Kier alpha value is -3.59. The van der Waals surface area contributed by atoms with E-state index >= 15 is 0 Å². The van der Waals surface area contributed by atoms with Gasteiger partial charge in [0.15, 0.2) is 0 Å². The van der Waals surface area contributed by atoms with Crippen LogP contribution in [0.3, 0.4) is 0 Å². The van der Waals surface area contributed by atoms with Crippen LogP contribution in [-0.4, -0.2) is 36.6 Å². The van der Waals surface area contributed by atoms with Gasteiger partial charge in [0.1, 0.15) is 11.5 Å². The lowest BCUT2D eigenvalue weighted by Gasteiger charge is -2.31. The Morgan fingerprint density at radius 2 is 1.78 bits per heavy atom. The van der Waals surface area contributed by atoms with E-state index in [-0.39, 0.29) is 17.8 Å². The molecule has 2 aromatic carbocycles. The molecule has 3 heterocycles. The molecule has 1 amide bonds. The molecule has 0 bridgehead atoms. The average molecular weight is 523 g/mol. The molecule has 5 nitrogen and oxygen atoms in total. The first-order valence-corrected chi connectivity index (χ1v) is 15.8. The largest absolute Gasteiger partial charge is 0.416 e. The Kier molecular flexibility index (Phi) is 6.14. The standard InChI is InChI=1S/C28H29F3N4OSi/c1-37(2,3)20-10-11-21-23(15-20)35(17-19-7-4-5-8-22(19)28(29,30)31)26(27(32)36)25(21)18-9-12-24(33-16-18)34-13-6-14-34/h4-5,7-12,15-16H,6,13-14,17H2,1-3H3,(H2,32,36). The summed E-state index contributed by atoms with van der Waals surface area (Å²) < 4.78 is 43.2. The molecule has 37 heavy (non-hydrogen) atoms.